The van der Waals surface area contributed by atoms with Crippen molar-refractivity contribution < 1.29 is 13.9 Å². The second kappa shape index (κ2) is 4.04. The average molecular weight is 235 g/mol. The van der Waals surface area contributed by atoms with Gasteiger partial charge >= 0.3 is 5.97 Å². The molecule has 0 fully saturated rings. The Bertz CT molecular complexity index is 569. The highest BCUT2D eigenvalue weighted by molar-refractivity contribution is 5.88. The largest absolute Gasteiger partial charge is 0.464 e. The SMILES string of the molecule is COC(=O)c1nc(-c2cn(C)nc2C)oc1C. The molecule has 0 amide bonds. The van der Waals surface area contributed by atoms with Gasteiger partial charge in [-0.05, 0) is 13.8 Å². The van der Waals surface area contributed by atoms with Crippen LogP contribution < -0.4 is 0 Å². The lowest BCUT2D eigenvalue weighted by molar-refractivity contribution is 0.0593. The van der Waals surface area contributed by atoms with Gasteiger partial charge in [-0.25, -0.2) is 9.78 Å². The van der Waals surface area contributed by atoms with Crippen molar-refractivity contribution in [3.05, 3.63) is 23.3 Å². The molecule has 0 aliphatic carbocycles. The lowest BCUT2D eigenvalue weighted by Gasteiger charge is -1.91. The van der Waals surface area contributed by atoms with Crippen molar-refractivity contribution in [3.63, 3.8) is 0 Å². The zero-order valence-corrected chi connectivity index (χ0v) is 10.1. The van der Waals surface area contributed by atoms with Gasteiger partial charge in [-0.1, -0.05) is 0 Å². The van der Waals surface area contributed by atoms with Crippen LogP contribution in [0.5, 0.6) is 0 Å². The predicted octanol–water partition coefficient (Wildman–Crippen LogP) is 1.48. The summed E-state index contributed by atoms with van der Waals surface area (Å²) in [6.45, 7) is 3.53. The van der Waals surface area contributed by atoms with E-state index in [4.69, 9.17) is 4.42 Å². The Hall–Kier alpha value is -2.11. The minimum Gasteiger partial charge on any atom is -0.464 e. The van der Waals surface area contributed by atoms with Crippen LogP contribution in [0.2, 0.25) is 0 Å². The van der Waals surface area contributed by atoms with Crippen LogP contribution in [0.15, 0.2) is 10.6 Å². The molecule has 17 heavy (non-hydrogen) atoms. The minimum absolute atomic E-state index is 0.200. The Balaban J connectivity index is 2.48. The summed E-state index contributed by atoms with van der Waals surface area (Å²) >= 11 is 0. The molecule has 0 aliphatic heterocycles. The quantitative estimate of drug-likeness (QED) is 0.737. The summed E-state index contributed by atoms with van der Waals surface area (Å²) in [7, 11) is 3.12. The first kappa shape index (κ1) is 11.4. The van der Waals surface area contributed by atoms with E-state index >= 15 is 0 Å². The molecule has 0 saturated carbocycles. The molecule has 0 aromatic carbocycles. The van der Waals surface area contributed by atoms with Gasteiger partial charge in [0.05, 0.1) is 18.4 Å². The number of esters is 1. The Morgan fingerprint density at radius 2 is 2.18 bits per heavy atom. The number of aromatic nitrogens is 3. The monoisotopic (exact) mass is 235 g/mol. The topological polar surface area (TPSA) is 70.2 Å². The van der Waals surface area contributed by atoms with E-state index in [2.05, 4.69) is 14.8 Å². The minimum atomic E-state index is -0.501. The predicted molar refractivity (Wildman–Crippen MR) is 59.5 cm³/mol. The maximum atomic E-state index is 11.4. The van der Waals surface area contributed by atoms with Crippen LogP contribution in [0.3, 0.4) is 0 Å². The van der Waals surface area contributed by atoms with E-state index < -0.39 is 5.97 Å². The van der Waals surface area contributed by atoms with Gasteiger partial charge in [0.1, 0.15) is 5.76 Å². The van der Waals surface area contributed by atoms with Crippen molar-refractivity contribution in [3.8, 4) is 11.5 Å². The lowest BCUT2D eigenvalue weighted by atomic mass is 10.3. The van der Waals surface area contributed by atoms with E-state index in [-0.39, 0.29) is 5.69 Å². The molecule has 6 nitrogen and oxygen atoms in total. The number of nitrogens with zero attached hydrogens (tertiary/aromatic N) is 3. The third kappa shape index (κ3) is 1.93. The van der Waals surface area contributed by atoms with Gasteiger partial charge in [0.2, 0.25) is 5.89 Å². The molecule has 6 heteroatoms. The summed E-state index contributed by atoms with van der Waals surface area (Å²) in [6, 6.07) is 0. The number of carbonyl (C=O) groups is 1. The normalized spacial score (nSPS) is 10.6. The van der Waals surface area contributed by atoms with E-state index in [0.29, 0.717) is 11.7 Å². The number of oxazole rings is 1. The van der Waals surface area contributed by atoms with Crippen molar-refractivity contribution in [1.82, 2.24) is 14.8 Å². The first-order valence-electron chi connectivity index (χ1n) is 5.09. The second-order valence-electron chi connectivity index (χ2n) is 3.72. The fourth-order valence-corrected chi connectivity index (χ4v) is 1.61. The molecule has 0 spiro atoms. The Labute approximate surface area is 98.2 Å². The highest BCUT2D eigenvalue weighted by Crippen LogP contribution is 2.24. The standard InChI is InChI=1S/C11H13N3O3/c1-6-8(5-14(3)13-6)10-12-9(7(2)17-10)11(15)16-4/h5H,1-4H3. The van der Waals surface area contributed by atoms with E-state index in [1.165, 1.54) is 7.11 Å². The van der Waals surface area contributed by atoms with Crippen LogP contribution in [0.4, 0.5) is 0 Å². The summed E-state index contributed by atoms with van der Waals surface area (Å²) in [5, 5.41) is 4.19. The van der Waals surface area contributed by atoms with Gasteiger partial charge in [-0.2, -0.15) is 5.10 Å². The molecule has 0 bridgehead atoms. The summed E-state index contributed by atoms with van der Waals surface area (Å²) in [5.74, 6) is 0.322. The molecule has 2 aromatic rings. The summed E-state index contributed by atoms with van der Waals surface area (Å²) in [5.41, 5.74) is 1.77. The fourth-order valence-electron chi connectivity index (χ4n) is 1.61. The maximum absolute atomic E-state index is 11.4. The third-order valence-corrected chi connectivity index (χ3v) is 2.42. The van der Waals surface area contributed by atoms with Crippen molar-refractivity contribution in [2.24, 2.45) is 7.05 Å². The highest BCUT2D eigenvalue weighted by Gasteiger charge is 2.20. The molecule has 2 rings (SSSR count). The second-order valence-corrected chi connectivity index (χ2v) is 3.72. The summed E-state index contributed by atoms with van der Waals surface area (Å²) < 4.78 is 11.7. The van der Waals surface area contributed by atoms with Crippen LogP contribution in [0, 0.1) is 13.8 Å². The van der Waals surface area contributed by atoms with Crippen LogP contribution >= 0.6 is 0 Å². The van der Waals surface area contributed by atoms with E-state index in [1.54, 1.807) is 17.8 Å². The molecule has 90 valence electrons. The van der Waals surface area contributed by atoms with Crippen molar-refractivity contribution in [2.75, 3.05) is 7.11 Å². The lowest BCUT2D eigenvalue weighted by Crippen LogP contribution is -2.03. The van der Waals surface area contributed by atoms with E-state index in [0.717, 1.165) is 11.3 Å². The smallest absolute Gasteiger partial charge is 0.360 e. The Morgan fingerprint density at radius 1 is 1.47 bits per heavy atom. The molecule has 0 N–H and O–H groups in total. The van der Waals surface area contributed by atoms with Crippen molar-refractivity contribution in [2.45, 2.75) is 13.8 Å². The van der Waals surface area contributed by atoms with E-state index in [1.807, 2.05) is 14.0 Å². The molecule has 2 heterocycles. The van der Waals surface area contributed by atoms with Crippen molar-refractivity contribution >= 4 is 5.97 Å². The number of carbonyl (C=O) groups excluding carboxylic acids is 1. The summed E-state index contributed by atoms with van der Waals surface area (Å²) in [4.78, 5) is 15.5. The van der Waals surface area contributed by atoms with Gasteiger partial charge in [0, 0.05) is 13.2 Å². The zero-order chi connectivity index (χ0) is 12.6. The van der Waals surface area contributed by atoms with Crippen molar-refractivity contribution in [1.29, 1.82) is 0 Å². The molecule has 0 radical (unpaired) electrons. The van der Waals surface area contributed by atoms with Crippen LogP contribution in [-0.4, -0.2) is 27.8 Å². The van der Waals surface area contributed by atoms with Gasteiger partial charge in [-0.3, -0.25) is 4.68 Å². The number of methoxy groups -OCH3 is 1. The highest BCUT2D eigenvalue weighted by atomic mass is 16.5. The van der Waals surface area contributed by atoms with Gasteiger partial charge < -0.3 is 9.15 Å². The first-order valence-corrected chi connectivity index (χ1v) is 5.09. The number of hydrogen-bond acceptors (Lipinski definition) is 5. The molecular weight excluding hydrogens is 222 g/mol. The third-order valence-electron chi connectivity index (χ3n) is 2.42. The molecule has 0 saturated heterocycles. The molecular formula is C11H13N3O3. The molecule has 0 unspecified atom stereocenters. The van der Waals surface area contributed by atoms with E-state index in [9.17, 15) is 4.79 Å². The molecule has 0 aliphatic rings. The number of rotatable bonds is 2. The Morgan fingerprint density at radius 3 is 2.71 bits per heavy atom. The average Bonchev–Trinajstić information content (AvgIpc) is 2.80. The number of ether oxygens (including phenoxy) is 1. The molecule has 2 aromatic heterocycles. The maximum Gasteiger partial charge on any atom is 0.360 e. The fraction of sp³-hybridized carbons (Fsp3) is 0.364. The van der Waals surface area contributed by atoms with Crippen LogP contribution in [-0.2, 0) is 11.8 Å². The summed E-state index contributed by atoms with van der Waals surface area (Å²) in [6.07, 6.45) is 1.79. The van der Waals surface area contributed by atoms with Crippen LogP contribution in [0.25, 0.3) is 11.5 Å². The van der Waals surface area contributed by atoms with Gasteiger partial charge in [0.25, 0.3) is 0 Å². The number of hydrogen-bond donors (Lipinski definition) is 0. The molecule has 0 atom stereocenters. The zero-order valence-electron chi connectivity index (χ0n) is 10.1. The first-order chi connectivity index (χ1) is 8.02. The van der Waals surface area contributed by atoms with Crippen LogP contribution in [0.1, 0.15) is 21.9 Å². The van der Waals surface area contributed by atoms with Gasteiger partial charge in [0.15, 0.2) is 5.69 Å². The number of aryl methyl sites for hydroxylation is 3. The van der Waals surface area contributed by atoms with Gasteiger partial charge in [-0.15, -0.1) is 0 Å². The Kier molecular flexibility index (Phi) is 2.71.